The molecule has 3 rings (SSSR count). The summed E-state index contributed by atoms with van der Waals surface area (Å²) in [5.41, 5.74) is -0.694. The Kier molecular flexibility index (Phi) is 5.60. The molecule has 1 saturated carbocycles. The highest BCUT2D eigenvalue weighted by Gasteiger charge is 2.52. The van der Waals surface area contributed by atoms with Crippen molar-refractivity contribution >= 4 is 11.9 Å². The molecule has 0 unspecified atom stereocenters. The molecular weight excluding hydrogens is 320 g/mol. The van der Waals surface area contributed by atoms with Gasteiger partial charge in [-0.3, -0.25) is 9.69 Å². The highest BCUT2D eigenvalue weighted by Crippen LogP contribution is 2.36. The first-order valence-corrected chi connectivity index (χ1v) is 9.38. The predicted octanol–water partition coefficient (Wildman–Crippen LogP) is 1.84. The molecule has 25 heavy (non-hydrogen) atoms. The van der Waals surface area contributed by atoms with Gasteiger partial charge < -0.3 is 10.1 Å². The Hall–Kier alpha value is -1.65. The number of carbonyl (C=O) groups is 2. The minimum absolute atomic E-state index is 0.0848. The maximum atomic E-state index is 13.0. The van der Waals surface area contributed by atoms with Gasteiger partial charge in [-0.1, -0.05) is 6.92 Å². The molecule has 3 aliphatic rings. The quantitative estimate of drug-likeness (QED) is 0.766. The van der Waals surface area contributed by atoms with Crippen molar-refractivity contribution in [2.75, 3.05) is 26.4 Å². The minimum atomic E-state index is -0.694. The lowest BCUT2D eigenvalue weighted by molar-refractivity contribution is -0.134. The van der Waals surface area contributed by atoms with Crippen LogP contribution in [-0.4, -0.2) is 59.7 Å². The normalized spacial score (nSPS) is 30.8. The summed E-state index contributed by atoms with van der Waals surface area (Å²) in [7, 11) is 0. The summed E-state index contributed by atoms with van der Waals surface area (Å²) in [4.78, 5) is 29.0. The molecule has 0 aromatic carbocycles. The van der Waals surface area contributed by atoms with Crippen LogP contribution >= 0.6 is 0 Å². The van der Waals surface area contributed by atoms with Crippen LogP contribution in [0.4, 0.5) is 4.79 Å². The average molecular weight is 348 g/mol. The molecule has 0 atom stereocenters. The van der Waals surface area contributed by atoms with Gasteiger partial charge >= 0.3 is 6.03 Å². The van der Waals surface area contributed by atoms with E-state index >= 15 is 0 Å². The first-order chi connectivity index (χ1) is 12.1. The van der Waals surface area contributed by atoms with Gasteiger partial charge in [0, 0.05) is 32.2 Å². The molecule has 0 radical (unpaired) electrons. The average Bonchev–Trinajstić information content (AvgIpc) is 2.86. The highest BCUT2D eigenvalue weighted by atomic mass is 16.5. The molecular formula is C18H28N4O3. The largest absolute Gasteiger partial charge is 0.381 e. The Labute approximate surface area is 149 Å². The fraction of sp³-hybridized carbons (Fsp3) is 0.833. The maximum absolute atomic E-state index is 13.0. The van der Waals surface area contributed by atoms with Crippen molar-refractivity contribution in [1.82, 2.24) is 15.1 Å². The maximum Gasteiger partial charge on any atom is 0.326 e. The zero-order valence-corrected chi connectivity index (χ0v) is 15.0. The van der Waals surface area contributed by atoms with Crippen LogP contribution in [0, 0.1) is 17.2 Å². The Morgan fingerprint density at radius 2 is 1.96 bits per heavy atom. The molecule has 2 saturated heterocycles. The van der Waals surface area contributed by atoms with E-state index in [-0.39, 0.29) is 24.6 Å². The summed E-state index contributed by atoms with van der Waals surface area (Å²) in [5.74, 6) is 0.525. The van der Waals surface area contributed by atoms with Gasteiger partial charge in [0.2, 0.25) is 0 Å². The number of rotatable bonds is 5. The fourth-order valence-corrected chi connectivity index (χ4v) is 4.19. The Morgan fingerprint density at radius 3 is 2.60 bits per heavy atom. The lowest BCUT2D eigenvalue weighted by Crippen LogP contribution is -2.51. The van der Waals surface area contributed by atoms with Gasteiger partial charge in [0.05, 0.1) is 12.7 Å². The highest BCUT2D eigenvalue weighted by molar-refractivity contribution is 6.07. The topological polar surface area (TPSA) is 85.7 Å². The zero-order valence-electron chi connectivity index (χ0n) is 15.0. The first-order valence-electron chi connectivity index (χ1n) is 9.38. The number of imide groups is 1. The summed E-state index contributed by atoms with van der Waals surface area (Å²) in [6.45, 7) is 4.42. The molecule has 1 aliphatic carbocycles. The molecule has 7 heteroatoms. The molecule has 1 N–H and O–H groups in total. The number of ether oxygens (including phenoxy) is 1. The van der Waals surface area contributed by atoms with Crippen LogP contribution in [0.2, 0.25) is 0 Å². The molecule has 0 bridgehead atoms. The van der Waals surface area contributed by atoms with Crippen LogP contribution in [0.1, 0.15) is 51.9 Å². The lowest BCUT2D eigenvalue weighted by atomic mass is 9.77. The third-order valence-corrected chi connectivity index (χ3v) is 5.91. The summed E-state index contributed by atoms with van der Waals surface area (Å²) >= 11 is 0. The molecule has 3 amide bonds. The van der Waals surface area contributed by atoms with Crippen LogP contribution in [0.25, 0.3) is 0 Å². The zero-order chi connectivity index (χ0) is 17.9. The van der Waals surface area contributed by atoms with E-state index in [2.05, 4.69) is 23.2 Å². The Balaban J connectivity index is 1.69. The molecule has 2 aliphatic heterocycles. The second-order valence-corrected chi connectivity index (χ2v) is 7.63. The third-order valence-electron chi connectivity index (χ3n) is 5.91. The molecule has 7 nitrogen and oxygen atoms in total. The van der Waals surface area contributed by atoms with Crippen molar-refractivity contribution in [3.8, 4) is 6.07 Å². The van der Waals surface area contributed by atoms with Crippen LogP contribution in [-0.2, 0) is 9.53 Å². The van der Waals surface area contributed by atoms with E-state index in [0.29, 0.717) is 32.1 Å². The van der Waals surface area contributed by atoms with Gasteiger partial charge in [0.25, 0.3) is 5.91 Å². The van der Waals surface area contributed by atoms with Gasteiger partial charge in [0.15, 0.2) is 0 Å². The van der Waals surface area contributed by atoms with Gasteiger partial charge in [-0.25, -0.2) is 9.69 Å². The van der Waals surface area contributed by atoms with E-state index in [0.717, 1.165) is 38.5 Å². The van der Waals surface area contributed by atoms with E-state index in [1.165, 1.54) is 4.90 Å². The van der Waals surface area contributed by atoms with Crippen LogP contribution in [0.15, 0.2) is 0 Å². The molecule has 1 spiro atoms. The van der Waals surface area contributed by atoms with Crippen molar-refractivity contribution in [3.63, 3.8) is 0 Å². The number of urea groups is 1. The van der Waals surface area contributed by atoms with Crippen LogP contribution < -0.4 is 5.32 Å². The number of hydrogen-bond acceptors (Lipinski definition) is 5. The number of nitrogens with one attached hydrogen (secondary N) is 1. The van der Waals surface area contributed by atoms with E-state index in [4.69, 9.17) is 10.00 Å². The van der Waals surface area contributed by atoms with Gasteiger partial charge in [-0.05, 0) is 44.4 Å². The van der Waals surface area contributed by atoms with Crippen molar-refractivity contribution in [2.45, 2.75) is 63.5 Å². The number of nitrogens with zero attached hydrogens (tertiary/aromatic N) is 3. The molecule has 2 heterocycles. The van der Waals surface area contributed by atoms with E-state index in [9.17, 15) is 9.59 Å². The van der Waals surface area contributed by atoms with Crippen molar-refractivity contribution in [2.24, 2.45) is 5.92 Å². The SMILES string of the molecule is CC1CCC2(CC1)NC(=O)N(CN(CCC#N)C1CCOCC1)C2=O. The number of amides is 3. The number of carbonyl (C=O) groups excluding carboxylic acids is 2. The van der Waals surface area contributed by atoms with Gasteiger partial charge in [-0.15, -0.1) is 0 Å². The number of nitriles is 1. The minimum Gasteiger partial charge on any atom is -0.381 e. The van der Waals surface area contributed by atoms with E-state index in [1.807, 2.05) is 0 Å². The summed E-state index contributed by atoms with van der Waals surface area (Å²) in [5, 5.41) is 11.9. The van der Waals surface area contributed by atoms with Crippen LogP contribution in [0.5, 0.6) is 0 Å². The van der Waals surface area contributed by atoms with Gasteiger partial charge in [0.1, 0.15) is 5.54 Å². The molecule has 3 fully saturated rings. The molecule has 138 valence electrons. The van der Waals surface area contributed by atoms with E-state index < -0.39 is 5.54 Å². The second-order valence-electron chi connectivity index (χ2n) is 7.63. The second kappa shape index (κ2) is 7.71. The third kappa shape index (κ3) is 3.80. The first kappa shape index (κ1) is 18.2. The van der Waals surface area contributed by atoms with Crippen molar-refractivity contribution in [3.05, 3.63) is 0 Å². The van der Waals surface area contributed by atoms with E-state index in [1.54, 1.807) is 0 Å². The monoisotopic (exact) mass is 348 g/mol. The smallest absolute Gasteiger partial charge is 0.326 e. The summed E-state index contributed by atoms with van der Waals surface area (Å²) in [6.07, 6.45) is 5.53. The summed E-state index contributed by atoms with van der Waals surface area (Å²) < 4.78 is 5.42. The molecule has 0 aromatic rings. The number of hydrogen-bond donors (Lipinski definition) is 1. The standard InChI is InChI=1S/C18H28N4O3/c1-14-3-7-18(8-4-14)16(23)22(17(24)20-18)13-21(10-2-9-19)15-5-11-25-12-6-15/h14-15H,2-8,10-13H2,1H3,(H,20,24). The molecule has 0 aromatic heterocycles. The predicted molar refractivity (Wildman–Crippen MR) is 91.4 cm³/mol. The van der Waals surface area contributed by atoms with Gasteiger partial charge in [-0.2, -0.15) is 5.26 Å². The summed E-state index contributed by atoms with van der Waals surface area (Å²) in [6, 6.07) is 2.14. The van der Waals surface area contributed by atoms with Crippen molar-refractivity contribution in [1.29, 1.82) is 5.26 Å². The Bertz CT molecular complexity index is 545. The Morgan fingerprint density at radius 1 is 1.28 bits per heavy atom. The lowest BCUT2D eigenvalue weighted by Gasteiger charge is -2.36. The van der Waals surface area contributed by atoms with Crippen LogP contribution in [0.3, 0.4) is 0 Å². The van der Waals surface area contributed by atoms with Crippen molar-refractivity contribution < 1.29 is 14.3 Å². The fourth-order valence-electron chi connectivity index (χ4n) is 4.19.